The molecule has 2 rings (SSSR count). The van der Waals surface area contributed by atoms with Crippen LogP contribution in [0.1, 0.15) is 25.3 Å². The molecule has 122 valence electrons. The quantitative estimate of drug-likeness (QED) is 0.768. The van der Waals surface area contributed by atoms with E-state index >= 15 is 0 Å². The topological polar surface area (TPSA) is 83.6 Å². The van der Waals surface area contributed by atoms with Gasteiger partial charge >= 0.3 is 5.97 Å². The maximum Gasteiger partial charge on any atom is 0.309 e. The number of quaternary nitrogens is 1. The summed E-state index contributed by atoms with van der Waals surface area (Å²) in [4.78, 5) is 24.9. The number of likely N-dealkylation sites (tertiary alicyclic amines) is 1. The average Bonchev–Trinajstić information content (AvgIpc) is 2.56. The van der Waals surface area contributed by atoms with Gasteiger partial charge in [-0.15, -0.1) is 0 Å². The summed E-state index contributed by atoms with van der Waals surface area (Å²) in [5, 5.41) is 11.6. The largest absolute Gasteiger partial charge is 0.466 e. The zero-order valence-corrected chi connectivity index (χ0v) is 13.3. The number of hydrogen-bond donors (Lipinski definition) is 2. The van der Waals surface area contributed by atoms with Gasteiger partial charge in [-0.1, -0.05) is 0 Å². The number of rotatable bonds is 5. The number of piperidine rings is 1. The summed E-state index contributed by atoms with van der Waals surface area (Å²) >= 11 is 0. The maximum absolute atomic E-state index is 12.1. The Morgan fingerprint density at radius 3 is 2.52 bits per heavy atom. The normalized spacial score (nSPS) is 20.3. The minimum absolute atomic E-state index is 0.0275. The Morgan fingerprint density at radius 1 is 1.30 bits per heavy atom. The molecule has 1 saturated heterocycles. The predicted octanol–water partition coefficient (Wildman–Crippen LogP) is 0.355. The predicted molar refractivity (Wildman–Crippen MR) is 84.7 cm³/mol. The third-order valence-corrected chi connectivity index (χ3v) is 4.02. The molecule has 0 aromatic heterocycles. The highest BCUT2D eigenvalue weighted by atomic mass is 16.5. The molecule has 0 saturated carbocycles. The second kappa shape index (κ2) is 8.30. The van der Waals surface area contributed by atoms with Gasteiger partial charge in [0.15, 0.2) is 6.54 Å². The van der Waals surface area contributed by atoms with Crippen molar-refractivity contribution in [1.29, 1.82) is 5.26 Å². The number of nitrogens with zero attached hydrogens (tertiary/aromatic N) is 1. The van der Waals surface area contributed by atoms with Crippen LogP contribution in [0.25, 0.3) is 0 Å². The number of nitrogens with one attached hydrogen (secondary N) is 2. The number of nitriles is 1. The lowest BCUT2D eigenvalue weighted by atomic mass is 9.97. The van der Waals surface area contributed by atoms with E-state index in [0.717, 1.165) is 25.9 Å². The zero-order valence-electron chi connectivity index (χ0n) is 13.3. The van der Waals surface area contributed by atoms with Crippen LogP contribution < -0.4 is 10.2 Å². The fourth-order valence-electron chi connectivity index (χ4n) is 2.76. The smallest absolute Gasteiger partial charge is 0.309 e. The van der Waals surface area contributed by atoms with Crippen molar-refractivity contribution in [2.45, 2.75) is 19.8 Å². The van der Waals surface area contributed by atoms with Crippen molar-refractivity contribution in [3.8, 4) is 6.07 Å². The molecule has 6 nitrogen and oxygen atoms in total. The lowest BCUT2D eigenvalue weighted by Gasteiger charge is -2.27. The molecule has 0 unspecified atom stereocenters. The van der Waals surface area contributed by atoms with Crippen molar-refractivity contribution in [2.75, 3.05) is 31.6 Å². The van der Waals surface area contributed by atoms with E-state index < -0.39 is 0 Å². The first-order valence-corrected chi connectivity index (χ1v) is 7.92. The number of carbonyl (C=O) groups excluding carboxylic acids is 2. The van der Waals surface area contributed by atoms with Crippen LogP contribution in [0.5, 0.6) is 0 Å². The Hall–Kier alpha value is -2.39. The molecule has 1 aromatic rings. The highest BCUT2D eigenvalue weighted by Crippen LogP contribution is 2.11. The first-order valence-electron chi connectivity index (χ1n) is 7.92. The van der Waals surface area contributed by atoms with Crippen LogP contribution in [-0.4, -0.2) is 38.1 Å². The highest BCUT2D eigenvalue weighted by Gasteiger charge is 2.29. The number of benzene rings is 1. The van der Waals surface area contributed by atoms with Gasteiger partial charge in [0.05, 0.1) is 37.2 Å². The molecule has 1 fully saturated rings. The van der Waals surface area contributed by atoms with E-state index in [1.54, 1.807) is 24.3 Å². The molecule has 1 amide bonds. The van der Waals surface area contributed by atoms with Crippen molar-refractivity contribution in [1.82, 2.24) is 0 Å². The molecule has 1 aliphatic heterocycles. The monoisotopic (exact) mass is 316 g/mol. The molecule has 0 radical (unpaired) electrons. The first-order chi connectivity index (χ1) is 11.1. The Kier molecular flexibility index (Phi) is 6.12. The minimum atomic E-state index is -0.117. The molecule has 0 bridgehead atoms. The van der Waals surface area contributed by atoms with Crippen LogP contribution in [0.15, 0.2) is 24.3 Å². The molecule has 1 aliphatic rings. The molecular weight excluding hydrogens is 294 g/mol. The Balaban J connectivity index is 1.76. The summed E-state index contributed by atoms with van der Waals surface area (Å²) in [5.74, 6) is -0.201. The Labute approximate surface area is 136 Å². The highest BCUT2D eigenvalue weighted by molar-refractivity contribution is 5.91. The fourth-order valence-corrected chi connectivity index (χ4v) is 2.76. The van der Waals surface area contributed by atoms with Crippen molar-refractivity contribution < 1.29 is 19.2 Å². The van der Waals surface area contributed by atoms with E-state index in [9.17, 15) is 9.59 Å². The number of carbonyl (C=O) groups is 2. The summed E-state index contributed by atoms with van der Waals surface area (Å²) in [5.41, 5.74) is 1.25. The van der Waals surface area contributed by atoms with Crippen molar-refractivity contribution in [3.05, 3.63) is 29.8 Å². The van der Waals surface area contributed by atoms with Crippen LogP contribution in [0, 0.1) is 17.2 Å². The Bertz CT molecular complexity index is 584. The van der Waals surface area contributed by atoms with Gasteiger partial charge in [-0.05, 0) is 31.2 Å². The third-order valence-electron chi connectivity index (χ3n) is 4.02. The summed E-state index contributed by atoms with van der Waals surface area (Å²) in [7, 11) is 0. The van der Waals surface area contributed by atoms with Crippen LogP contribution in [-0.2, 0) is 14.3 Å². The van der Waals surface area contributed by atoms with Crippen molar-refractivity contribution in [3.63, 3.8) is 0 Å². The summed E-state index contributed by atoms with van der Waals surface area (Å²) in [6.07, 6.45) is 1.52. The van der Waals surface area contributed by atoms with Crippen LogP contribution in [0.2, 0.25) is 0 Å². The maximum atomic E-state index is 12.1. The Morgan fingerprint density at radius 2 is 1.96 bits per heavy atom. The summed E-state index contributed by atoms with van der Waals surface area (Å²) in [6.45, 7) is 4.20. The summed E-state index contributed by atoms with van der Waals surface area (Å²) in [6, 6.07) is 8.83. The van der Waals surface area contributed by atoms with Crippen molar-refractivity contribution in [2.24, 2.45) is 5.92 Å². The number of hydrogen-bond acceptors (Lipinski definition) is 4. The lowest BCUT2D eigenvalue weighted by molar-refractivity contribution is -0.897. The standard InChI is InChI=1S/C17H21N3O3/c1-2-23-17(22)14-7-9-20(10-8-14)12-16(21)19-15-5-3-13(11-18)4-6-15/h3-6,14H,2,7-10,12H2,1H3,(H,19,21)/p+1. The fraction of sp³-hybridized carbons (Fsp3) is 0.471. The molecule has 6 heteroatoms. The van der Waals surface area contributed by atoms with Gasteiger partial charge in [-0.3, -0.25) is 9.59 Å². The SMILES string of the molecule is CCOC(=O)C1CC[NH+](CC(=O)Nc2ccc(C#N)cc2)CC1. The molecule has 2 N–H and O–H groups in total. The third kappa shape index (κ3) is 5.08. The van der Waals surface area contributed by atoms with E-state index in [1.807, 2.05) is 13.0 Å². The minimum Gasteiger partial charge on any atom is -0.466 e. The van der Waals surface area contributed by atoms with Gasteiger partial charge < -0.3 is 15.0 Å². The molecule has 23 heavy (non-hydrogen) atoms. The van der Waals surface area contributed by atoms with Crippen LogP contribution >= 0.6 is 0 Å². The molecule has 0 aliphatic carbocycles. The van der Waals surface area contributed by atoms with Gasteiger partial charge in [-0.25, -0.2) is 0 Å². The first kappa shape index (κ1) is 17.0. The lowest BCUT2D eigenvalue weighted by Crippen LogP contribution is -3.14. The molecule has 1 aromatic carbocycles. The van der Waals surface area contributed by atoms with Gasteiger partial charge in [0.25, 0.3) is 5.91 Å². The number of esters is 1. The number of ether oxygens (including phenoxy) is 1. The molecule has 0 atom stereocenters. The van der Waals surface area contributed by atoms with E-state index in [1.165, 1.54) is 4.90 Å². The van der Waals surface area contributed by atoms with E-state index in [2.05, 4.69) is 5.32 Å². The number of anilines is 1. The number of amides is 1. The second-order valence-electron chi connectivity index (χ2n) is 5.69. The van der Waals surface area contributed by atoms with Crippen LogP contribution in [0.3, 0.4) is 0 Å². The molecule has 0 spiro atoms. The van der Waals surface area contributed by atoms with E-state index in [4.69, 9.17) is 10.00 Å². The van der Waals surface area contributed by atoms with E-state index in [-0.39, 0.29) is 17.8 Å². The van der Waals surface area contributed by atoms with Gasteiger partial charge in [-0.2, -0.15) is 5.26 Å². The zero-order chi connectivity index (χ0) is 16.7. The second-order valence-corrected chi connectivity index (χ2v) is 5.69. The van der Waals surface area contributed by atoms with Gasteiger partial charge in [0.1, 0.15) is 0 Å². The van der Waals surface area contributed by atoms with Gasteiger partial charge in [0.2, 0.25) is 0 Å². The summed E-state index contributed by atoms with van der Waals surface area (Å²) < 4.78 is 5.05. The molecule has 1 heterocycles. The molecular formula is C17H22N3O3+. The van der Waals surface area contributed by atoms with Crippen molar-refractivity contribution >= 4 is 17.6 Å². The van der Waals surface area contributed by atoms with Gasteiger partial charge in [0, 0.05) is 18.5 Å². The van der Waals surface area contributed by atoms with Crippen LogP contribution in [0.4, 0.5) is 5.69 Å². The average molecular weight is 316 g/mol. The van der Waals surface area contributed by atoms with E-state index in [0.29, 0.717) is 24.4 Å².